The maximum atomic E-state index is 11.6. The first kappa shape index (κ1) is 42.3. The largest absolute Gasteiger partial charge is 0.494 e. The Hall–Kier alpha value is -3.34. The monoisotopic (exact) mass is 814 g/mol. The van der Waals surface area contributed by atoms with Crippen LogP contribution in [-0.4, -0.2) is 111 Å². The van der Waals surface area contributed by atoms with Crippen LogP contribution in [0.2, 0.25) is 10.0 Å². The summed E-state index contributed by atoms with van der Waals surface area (Å²) in [5.74, 6) is -0.798. The molecule has 0 spiro atoms. The number of hydrogen-bond donors (Lipinski definition) is 7. The molecule has 0 saturated carbocycles. The van der Waals surface area contributed by atoms with Gasteiger partial charge >= 0.3 is 0 Å². The average Bonchev–Trinajstić information content (AvgIpc) is 3.20. The van der Waals surface area contributed by atoms with Gasteiger partial charge in [0.1, 0.15) is 66.4 Å². The number of hydrogen-bond acceptors (Lipinski definition) is 12. The van der Waals surface area contributed by atoms with Crippen LogP contribution in [0.15, 0.2) is 84.9 Å². The first-order valence-corrected chi connectivity index (χ1v) is 19.3. The van der Waals surface area contributed by atoms with Crippen molar-refractivity contribution in [3.8, 4) is 11.5 Å². The van der Waals surface area contributed by atoms with E-state index in [1.54, 1.807) is 30.3 Å². The summed E-state index contributed by atoms with van der Waals surface area (Å²) in [5.41, 5.74) is 3.82. The molecule has 0 unspecified atom stereocenters. The molecule has 302 valence electrons. The number of benzene rings is 4. The first-order valence-electron chi connectivity index (χ1n) is 18.6. The molecular formula is C42H48Cl2O12. The number of halogens is 2. The van der Waals surface area contributed by atoms with Crippen molar-refractivity contribution in [1.29, 1.82) is 0 Å². The first-order chi connectivity index (χ1) is 26.9. The Morgan fingerprint density at radius 1 is 0.625 bits per heavy atom. The van der Waals surface area contributed by atoms with E-state index in [2.05, 4.69) is 0 Å². The lowest BCUT2D eigenvalue weighted by Gasteiger charge is -2.49. The van der Waals surface area contributed by atoms with Crippen LogP contribution in [0, 0.1) is 0 Å². The molecule has 0 amide bonds. The van der Waals surface area contributed by atoms with Gasteiger partial charge in [0, 0.05) is 15.6 Å². The minimum atomic E-state index is -2.24. The second-order valence-corrected chi connectivity index (χ2v) is 14.8. The quantitative estimate of drug-likeness (QED) is 0.0977. The Morgan fingerprint density at radius 3 is 1.71 bits per heavy atom. The molecule has 4 aromatic rings. The van der Waals surface area contributed by atoms with Crippen LogP contribution < -0.4 is 9.47 Å². The maximum Gasteiger partial charge on any atom is 0.225 e. The smallest absolute Gasteiger partial charge is 0.225 e. The lowest BCUT2D eigenvalue weighted by Crippen LogP contribution is -2.65. The van der Waals surface area contributed by atoms with Crippen molar-refractivity contribution < 1.29 is 59.4 Å². The zero-order valence-electron chi connectivity index (χ0n) is 30.9. The molecule has 12 nitrogen and oxygen atoms in total. The third kappa shape index (κ3) is 9.02. The molecule has 56 heavy (non-hydrogen) atoms. The van der Waals surface area contributed by atoms with Gasteiger partial charge in [0.15, 0.2) is 0 Å². The standard InChI is InChI=1S/C42H48Cl2O12/c1-3-52-29-11-5-23(6-12-29)17-26-19-25(9-15-31(26)43)40-38(49)37(48)36(47)34(55-40)22-54-42(41(51)39(50)35(46)33(21-45)56-42)28-10-16-32(44)27(20-28)18-24-7-13-30(14-8-24)53-4-2/h5-16,19-20,33-41,45-51H,3-4,17-18,21-22H2,1-2H3/t33-,34+,35-,36-,37+,38-,39+,40-,41-,42+/m1/s1. The highest BCUT2D eigenvalue weighted by molar-refractivity contribution is 6.31. The summed E-state index contributed by atoms with van der Waals surface area (Å²) in [6.07, 6.45) is -13.4. The fourth-order valence-electron chi connectivity index (χ4n) is 7.17. The molecule has 0 aromatic heterocycles. The topological polar surface area (TPSA) is 188 Å². The van der Waals surface area contributed by atoms with Crippen molar-refractivity contribution in [2.75, 3.05) is 26.4 Å². The maximum absolute atomic E-state index is 11.6. The Labute approximate surface area is 335 Å². The van der Waals surface area contributed by atoms with Crippen LogP contribution >= 0.6 is 23.2 Å². The van der Waals surface area contributed by atoms with E-state index >= 15 is 0 Å². The molecule has 10 atom stereocenters. The number of rotatable bonds is 14. The van der Waals surface area contributed by atoms with E-state index in [9.17, 15) is 35.7 Å². The highest BCUT2D eigenvalue weighted by Crippen LogP contribution is 2.43. The average molecular weight is 816 g/mol. The molecule has 7 N–H and O–H groups in total. The highest BCUT2D eigenvalue weighted by Gasteiger charge is 2.56. The van der Waals surface area contributed by atoms with E-state index in [0.717, 1.165) is 22.4 Å². The van der Waals surface area contributed by atoms with E-state index in [0.29, 0.717) is 53.0 Å². The number of aliphatic hydroxyl groups is 7. The molecule has 2 saturated heterocycles. The summed E-state index contributed by atoms with van der Waals surface area (Å²) in [4.78, 5) is 0. The van der Waals surface area contributed by atoms with Gasteiger partial charge in [0.05, 0.1) is 26.4 Å². The molecule has 2 aliphatic rings. The van der Waals surface area contributed by atoms with E-state index in [4.69, 9.17) is 46.9 Å². The molecule has 2 aliphatic heterocycles. The fraction of sp³-hybridized carbons (Fsp3) is 0.429. The van der Waals surface area contributed by atoms with E-state index in [1.165, 1.54) is 6.07 Å². The van der Waals surface area contributed by atoms with Crippen LogP contribution in [0.5, 0.6) is 11.5 Å². The predicted molar refractivity (Wildman–Crippen MR) is 207 cm³/mol. The van der Waals surface area contributed by atoms with Gasteiger partial charge in [-0.3, -0.25) is 0 Å². The van der Waals surface area contributed by atoms with Crippen molar-refractivity contribution in [2.45, 2.75) is 87.4 Å². The molecular weight excluding hydrogens is 767 g/mol. The van der Waals surface area contributed by atoms with Crippen LogP contribution in [-0.2, 0) is 32.8 Å². The Morgan fingerprint density at radius 2 is 1.16 bits per heavy atom. The molecule has 2 heterocycles. The zero-order chi connectivity index (χ0) is 40.1. The van der Waals surface area contributed by atoms with Crippen molar-refractivity contribution >= 4 is 23.2 Å². The summed E-state index contributed by atoms with van der Waals surface area (Å²) in [5, 5.41) is 77.7. The summed E-state index contributed by atoms with van der Waals surface area (Å²) in [7, 11) is 0. The molecule has 14 heteroatoms. The SMILES string of the molecule is CCOc1ccc(Cc2cc([C@H]3O[C@@H](CO[C@@]4(c5ccc(Cl)c(Cc6ccc(OCC)cc6)c5)O[C@H](CO)[C@@H](O)[C@H](O)[C@H]4O)[C@@H](O)[C@H](O)[C@H]3O)ccc2Cl)cc1. The van der Waals surface area contributed by atoms with E-state index < -0.39 is 73.9 Å². The van der Waals surface area contributed by atoms with Crippen molar-refractivity contribution in [2.24, 2.45) is 0 Å². The molecule has 0 bridgehead atoms. The van der Waals surface area contributed by atoms with Crippen LogP contribution in [0.1, 0.15) is 53.3 Å². The van der Waals surface area contributed by atoms with E-state index in [-0.39, 0.29) is 5.56 Å². The van der Waals surface area contributed by atoms with Crippen LogP contribution in [0.4, 0.5) is 0 Å². The molecule has 2 fully saturated rings. The third-order valence-corrected chi connectivity index (χ3v) is 11.0. The minimum absolute atomic E-state index is 0.179. The predicted octanol–water partition coefficient (Wildman–Crippen LogP) is 3.84. The summed E-state index contributed by atoms with van der Waals surface area (Å²) >= 11 is 13.2. The Bertz CT molecular complexity index is 1890. The molecule has 0 aliphatic carbocycles. The van der Waals surface area contributed by atoms with Crippen molar-refractivity contribution in [3.05, 3.63) is 128 Å². The van der Waals surface area contributed by atoms with Crippen LogP contribution in [0.3, 0.4) is 0 Å². The Balaban J connectivity index is 1.28. The summed E-state index contributed by atoms with van der Waals surface area (Å²) < 4.78 is 29.8. The fourth-order valence-corrected chi connectivity index (χ4v) is 7.54. The van der Waals surface area contributed by atoms with Crippen LogP contribution in [0.25, 0.3) is 0 Å². The molecule has 0 radical (unpaired) electrons. The van der Waals surface area contributed by atoms with Gasteiger partial charge < -0.3 is 59.4 Å². The van der Waals surface area contributed by atoms with Crippen molar-refractivity contribution in [3.63, 3.8) is 0 Å². The van der Waals surface area contributed by atoms with Gasteiger partial charge in [-0.05, 0) is 97.0 Å². The van der Waals surface area contributed by atoms with Gasteiger partial charge in [0.25, 0.3) is 0 Å². The second kappa shape index (κ2) is 18.5. The van der Waals surface area contributed by atoms with Gasteiger partial charge in [-0.1, -0.05) is 65.7 Å². The van der Waals surface area contributed by atoms with E-state index in [1.807, 2.05) is 62.4 Å². The number of aliphatic hydroxyl groups excluding tert-OH is 7. The zero-order valence-corrected chi connectivity index (χ0v) is 32.5. The lowest BCUT2D eigenvalue weighted by molar-refractivity contribution is -0.381. The van der Waals surface area contributed by atoms with Gasteiger partial charge in [-0.15, -0.1) is 0 Å². The molecule has 4 aromatic carbocycles. The summed E-state index contributed by atoms with van der Waals surface area (Å²) in [6, 6.07) is 24.8. The summed E-state index contributed by atoms with van der Waals surface area (Å²) in [6.45, 7) is 3.56. The third-order valence-electron chi connectivity index (χ3n) is 10.2. The second-order valence-electron chi connectivity index (χ2n) is 14.0. The molecule has 6 rings (SSSR count). The van der Waals surface area contributed by atoms with Gasteiger partial charge in [-0.25, -0.2) is 0 Å². The Kier molecular flexibility index (Phi) is 14.0. The van der Waals surface area contributed by atoms with Crippen molar-refractivity contribution in [1.82, 2.24) is 0 Å². The normalized spacial score (nSPS) is 29.2. The van der Waals surface area contributed by atoms with Gasteiger partial charge in [0.2, 0.25) is 5.79 Å². The number of ether oxygens (including phenoxy) is 5. The highest BCUT2D eigenvalue weighted by atomic mass is 35.5. The van der Waals surface area contributed by atoms with Gasteiger partial charge in [-0.2, -0.15) is 0 Å². The minimum Gasteiger partial charge on any atom is -0.494 e. The lowest BCUT2D eigenvalue weighted by atomic mass is 9.86.